The maximum atomic E-state index is 5.99. The van der Waals surface area contributed by atoms with Crippen molar-refractivity contribution in [3.05, 3.63) is 35.9 Å². The summed E-state index contributed by atoms with van der Waals surface area (Å²) in [6.45, 7) is 6.86. The number of nitrogens with zero attached hydrogens (tertiary/aromatic N) is 1. The molecular weight excluding hydrogens is 401 g/mol. The summed E-state index contributed by atoms with van der Waals surface area (Å²) in [7, 11) is 0. The molecule has 0 aromatic heterocycles. The molecule has 1 aliphatic rings. The molecule has 0 saturated carbocycles. The second-order valence-corrected chi connectivity index (χ2v) is 6.44. The first-order chi connectivity index (χ1) is 10.7. The van der Waals surface area contributed by atoms with Gasteiger partial charge in [-0.05, 0) is 30.7 Å². The predicted molar refractivity (Wildman–Crippen MR) is 107 cm³/mol. The molecule has 130 valence electrons. The van der Waals surface area contributed by atoms with Crippen molar-refractivity contribution >= 4 is 29.9 Å². The Bertz CT molecular complexity index is 465. The van der Waals surface area contributed by atoms with Crippen molar-refractivity contribution in [1.82, 2.24) is 5.32 Å². The van der Waals surface area contributed by atoms with Crippen LogP contribution < -0.4 is 11.1 Å². The van der Waals surface area contributed by atoms with E-state index < -0.39 is 0 Å². The molecule has 2 atom stereocenters. The fraction of sp³-hybridized carbons (Fsp3) is 0.611. The molecule has 1 aromatic carbocycles. The van der Waals surface area contributed by atoms with Crippen molar-refractivity contribution < 1.29 is 4.74 Å². The van der Waals surface area contributed by atoms with Gasteiger partial charge in [0, 0.05) is 25.6 Å². The smallest absolute Gasteiger partial charge is 0.188 e. The highest BCUT2D eigenvalue weighted by Crippen LogP contribution is 2.33. The van der Waals surface area contributed by atoms with Crippen LogP contribution in [0.1, 0.15) is 44.8 Å². The summed E-state index contributed by atoms with van der Waals surface area (Å²) in [5.41, 5.74) is 7.20. The second kappa shape index (κ2) is 10.9. The Morgan fingerprint density at radius 2 is 2.09 bits per heavy atom. The number of aliphatic imine (C=N–C) groups is 1. The Labute approximate surface area is 157 Å². The van der Waals surface area contributed by atoms with E-state index in [4.69, 9.17) is 10.5 Å². The molecule has 2 unspecified atom stereocenters. The van der Waals surface area contributed by atoms with E-state index in [-0.39, 0.29) is 30.1 Å². The van der Waals surface area contributed by atoms with E-state index >= 15 is 0 Å². The number of hydrogen-bond donors (Lipinski definition) is 2. The number of halogens is 1. The van der Waals surface area contributed by atoms with Crippen LogP contribution in [-0.2, 0) is 4.74 Å². The third-order valence-corrected chi connectivity index (χ3v) is 4.10. The standard InChI is InChI=1S/C18H29N3O.HI/c1-14(2)10-11-20-18(19)21-13-16-9-6-12-22-17(16)15-7-4-3-5-8-15;/h3-5,7-8,14,16-17H,6,9-13H2,1-2H3,(H3,19,20,21);1H. The van der Waals surface area contributed by atoms with Crippen molar-refractivity contribution in [2.45, 2.75) is 39.2 Å². The van der Waals surface area contributed by atoms with Crippen LogP contribution in [0.2, 0.25) is 0 Å². The summed E-state index contributed by atoms with van der Waals surface area (Å²) in [5.74, 6) is 1.63. The highest BCUT2D eigenvalue weighted by atomic mass is 127. The molecule has 0 spiro atoms. The first kappa shape index (κ1) is 20.2. The highest BCUT2D eigenvalue weighted by molar-refractivity contribution is 14.0. The summed E-state index contributed by atoms with van der Waals surface area (Å²) >= 11 is 0. The van der Waals surface area contributed by atoms with Crippen molar-refractivity contribution in [2.24, 2.45) is 22.6 Å². The molecule has 5 heteroatoms. The van der Waals surface area contributed by atoms with Gasteiger partial charge in [0.15, 0.2) is 5.96 Å². The van der Waals surface area contributed by atoms with Crippen LogP contribution >= 0.6 is 24.0 Å². The van der Waals surface area contributed by atoms with Gasteiger partial charge >= 0.3 is 0 Å². The van der Waals surface area contributed by atoms with Crippen LogP contribution in [0.4, 0.5) is 0 Å². The van der Waals surface area contributed by atoms with Crippen LogP contribution in [0.25, 0.3) is 0 Å². The van der Waals surface area contributed by atoms with Crippen molar-refractivity contribution in [3.8, 4) is 0 Å². The van der Waals surface area contributed by atoms with Gasteiger partial charge in [0.2, 0.25) is 0 Å². The third-order valence-electron chi connectivity index (χ3n) is 4.10. The minimum Gasteiger partial charge on any atom is -0.373 e. The van der Waals surface area contributed by atoms with E-state index in [0.717, 1.165) is 39.0 Å². The molecule has 1 aliphatic heterocycles. The minimum absolute atomic E-state index is 0. The molecule has 23 heavy (non-hydrogen) atoms. The number of guanidine groups is 1. The summed E-state index contributed by atoms with van der Waals surface area (Å²) in [6.07, 6.45) is 3.49. The van der Waals surface area contributed by atoms with Crippen LogP contribution in [0.15, 0.2) is 35.3 Å². The van der Waals surface area contributed by atoms with Gasteiger partial charge in [-0.15, -0.1) is 24.0 Å². The Kier molecular flexibility index (Phi) is 9.55. The molecule has 1 saturated heterocycles. The minimum atomic E-state index is 0. The molecule has 0 bridgehead atoms. The van der Waals surface area contributed by atoms with E-state index in [1.54, 1.807) is 0 Å². The van der Waals surface area contributed by atoms with Gasteiger partial charge in [-0.2, -0.15) is 0 Å². The SMILES string of the molecule is CC(C)CCNC(N)=NCC1CCCOC1c1ccccc1.I. The summed E-state index contributed by atoms with van der Waals surface area (Å²) < 4.78 is 5.99. The quantitative estimate of drug-likeness (QED) is 0.410. The number of benzene rings is 1. The van der Waals surface area contributed by atoms with Crippen LogP contribution in [0.3, 0.4) is 0 Å². The monoisotopic (exact) mass is 431 g/mol. The van der Waals surface area contributed by atoms with Crippen LogP contribution in [0.5, 0.6) is 0 Å². The Hall–Kier alpha value is -0.820. The Morgan fingerprint density at radius 1 is 1.35 bits per heavy atom. The summed E-state index contributed by atoms with van der Waals surface area (Å²) in [4.78, 5) is 4.52. The van der Waals surface area contributed by atoms with Gasteiger partial charge in [-0.1, -0.05) is 44.2 Å². The summed E-state index contributed by atoms with van der Waals surface area (Å²) in [5, 5.41) is 3.20. The number of rotatable bonds is 6. The largest absolute Gasteiger partial charge is 0.373 e. The number of hydrogen-bond acceptors (Lipinski definition) is 2. The maximum Gasteiger partial charge on any atom is 0.188 e. The van der Waals surface area contributed by atoms with E-state index in [9.17, 15) is 0 Å². The van der Waals surface area contributed by atoms with Crippen LogP contribution in [0, 0.1) is 11.8 Å². The molecule has 2 rings (SSSR count). The Balaban J connectivity index is 0.00000264. The van der Waals surface area contributed by atoms with E-state index in [0.29, 0.717) is 17.8 Å². The van der Waals surface area contributed by atoms with Gasteiger partial charge in [0.25, 0.3) is 0 Å². The highest BCUT2D eigenvalue weighted by Gasteiger charge is 2.27. The maximum absolute atomic E-state index is 5.99. The first-order valence-electron chi connectivity index (χ1n) is 8.37. The molecule has 3 N–H and O–H groups in total. The van der Waals surface area contributed by atoms with E-state index in [2.05, 4.69) is 48.4 Å². The topological polar surface area (TPSA) is 59.6 Å². The lowest BCUT2D eigenvalue weighted by Gasteiger charge is -2.31. The number of nitrogens with two attached hydrogens (primary N) is 1. The Morgan fingerprint density at radius 3 is 2.78 bits per heavy atom. The second-order valence-electron chi connectivity index (χ2n) is 6.44. The molecule has 1 fully saturated rings. The molecular formula is C18H30IN3O. The van der Waals surface area contributed by atoms with Crippen LogP contribution in [-0.4, -0.2) is 25.7 Å². The van der Waals surface area contributed by atoms with Gasteiger partial charge in [0.05, 0.1) is 6.10 Å². The molecule has 0 amide bonds. The van der Waals surface area contributed by atoms with Crippen molar-refractivity contribution in [3.63, 3.8) is 0 Å². The fourth-order valence-electron chi connectivity index (χ4n) is 2.80. The number of ether oxygens (including phenoxy) is 1. The van der Waals surface area contributed by atoms with Gasteiger partial charge < -0.3 is 15.8 Å². The zero-order valence-electron chi connectivity index (χ0n) is 14.2. The molecule has 0 aliphatic carbocycles. The van der Waals surface area contributed by atoms with Gasteiger partial charge in [-0.3, -0.25) is 4.99 Å². The van der Waals surface area contributed by atoms with Gasteiger partial charge in [-0.25, -0.2) is 0 Å². The van der Waals surface area contributed by atoms with E-state index in [1.165, 1.54) is 5.56 Å². The predicted octanol–water partition coefficient (Wildman–Crippen LogP) is 3.72. The lowest BCUT2D eigenvalue weighted by molar-refractivity contribution is -0.0250. The van der Waals surface area contributed by atoms with Crippen molar-refractivity contribution in [2.75, 3.05) is 19.7 Å². The molecule has 1 aromatic rings. The van der Waals surface area contributed by atoms with E-state index in [1.807, 2.05) is 6.07 Å². The average Bonchev–Trinajstić information content (AvgIpc) is 2.54. The fourth-order valence-corrected chi connectivity index (χ4v) is 2.80. The normalized spacial score (nSPS) is 21.8. The molecule has 4 nitrogen and oxygen atoms in total. The zero-order valence-corrected chi connectivity index (χ0v) is 16.5. The third kappa shape index (κ3) is 7.08. The van der Waals surface area contributed by atoms with Gasteiger partial charge in [0.1, 0.15) is 0 Å². The first-order valence-corrected chi connectivity index (χ1v) is 8.37. The average molecular weight is 431 g/mol. The zero-order chi connectivity index (χ0) is 15.8. The number of nitrogens with one attached hydrogen (secondary N) is 1. The lowest BCUT2D eigenvalue weighted by atomic mass is 9.89. The molecule has 0 radical (unpaired) electrons. The molecule has 1 heterocycles. The summed E-state index contributed by atoms with van der Waals surface area (Å²) in [6, 6.07) is 10.4. The lowest BCUT2D eigenvalue weighted by Crippen LogP contribution is -2.34. The van der Waals surface area contributed by atoms with Crippen molar-refractivity contribution in [1.29, 1.82) is 0 Å².